The van der Waals surface area contributed by atoms with Crippen molar-refractivity contribution < 1.29 is 4.79 Å². The Bertz CT molecular complexity index is 602. The molecule has 0 saturated carbocycles. The molecule has 0 saturated heterocycles. The van der Waals surface area contributed by atoms with Gasteiger partial charge in [0.05, 0.1) is 5.02 Å². The number of rotatable bonds is 4. The van der Waals surface area contributed by atoms with Crippen molar-refractivity contribution in [2.75, 3.05) is 0 Å². The molecule has 2 aromatic rings. The zero-order valence-corrected chi connectivity index (χ0v) is 12.0. The second-order valence-electron chi connectivity index (χ2n) is 4.72. The van der Waals surface area contributed by atoms with Crippen molar-refractivity contribution in [2.24, 2.45) is 0 Å². The molecule has 0 bridgehead atoms. The van der Waals surface area contributed by atoms with Gasteiger partial charge in [-0.3, -0.25) is 4.79 Å². The van der Waals surface area contributed by atoms with Crippen molar-refractivity contribution in [3.8, 4) is 0 Å². The van der Waals surface area contributed by atoms with E-state index in [2.05, 4.69) is 13.0 Å². The number of carbonyl (C=O) groups excluding carboxylic acids is 1. The zero-order valence-electron chi connectivity index (χ0n) is 11.2. The molecule has 0 aliphatic carbocycles. The third-order valence-corrected chi connectivity index (χ3v) is 3.67. The maximum Gasteiger partial charge on any atom is 0.194 e. The van der Waals surface area contributed by atoms with E-state index < -0.39 is 0 Å². The monoisotopic (exact) mass is 272 g/mol. The predicted molar refractivity (Wildman–Crippen MR) is 80.1 cm³/mol. The van der Waals surface area contributed by atoms with Crippen LogP contribution < -0.4 is 0 Å². The highest BCUT2D eigenvalue weighted by atomic mass is 35.5. The molecular weight excluding hydrogens is 256 g/mol. The van der Waals surface area contributed by atoms with Gasteiger partial charge in [0, 0.05) is 11.1 Å². The first kappa shape index (κ1) is 13.8. The molecule has 2 rings (SSSR count). The van der Waals surface area contributed by atoms with Crippen LogP contribution in [0.15, 0.2) is 42.5 Å². The van der Waals surface area contributed by atoms with Gasteiger partial charge in [0.2, 0.25) is 0 Å². The molecule has 0 fully saturated rings. The van der Waals surface area contributed by atoms with Gasteiger partial charge in [-0.05, 0) is 36.6 Å². The zero-order chi connectivity index (χ0) is 13.8. The number of carbonyl (C=O) groups is 1. The molecule has 0 N–H and O–H groups in total. The quantitative estimate of drug-likeness (QED) is 0.729. The summed E-state index contributed by atoms with van der Waals surface area (Å²) in [5, 5.41) is 0.549. The van der Waals surface area contributed by atoms with Gasteiger partial charge in [-0.1, -0.05) is 55.3 Å². The van der Waals surface area contributed by atoms with Crippen LogP contribution in [-0.2, 0) is 6.42 Å². The average Bonchev–Trinajstić information content (AvgIpc) is 2.42. The molecule has 0 spiro atoms. The van der Waals surface area contributed by atoms with Crippen molar-refractivity contribution in [1.82, 2.24) is 0 Å². The van der Waals surface area contributed by atoms with E-state index in [9.17, 15) is 4.79 Å². The summed E-state index contributed by atoms with van der Waals surface area (Å²) >= 11 is 6.22. The van der Waals surface area contributed by atoms with E-state index >= 15 is 0 Å². The predicted octanol–water partition coefficient (Wildman–Crippen LogP) is 4.83. The van der Waals surface area contributed by atoms with Crippen molar-refractivity contribution >= 4 is 17.4 Å². The van der Waals surface area contributed by atoms with Crippen LogP contribution in [0.1, 0.15) is 40.4 Å². The Balaban J connectivity index is 2.38. The number of benzene rings is 2. The highest BCUT2D eigenvalue weighted by Crippen LogP contribution is 2.23. The van der Waals surface area contributed by atoms with Crippen molar-refractivity contribution in [3.05, 3.63) is 69.7 Å². The third-order valence-electron chi connectivity index (χ3n) is 3.16. The largest absolute Gasteiger partial charge is 0.289 e. The summed E-state index contributed by atoms with van der Waals surface area (Å²) < 4.78 is 0. The topological polar surface area (TPSA) is 17.1 Å². The lowest BCUT2D eigenvalue weighted by molar-refractivity contribution is 0.103. The Morgan fingerprint density at radius 1 is 1.16 bits per heavy atom. The molecule has 0 aromatic heterocycles. The van der Waals surface area contributed by atoms with E-state index in [0.717, 1.165) is 18.4 Å². The van der Waals surface area contributed by atoms with Gasteiger partial charge < -0.3 is 0 Å². The Morgan fingerprint density at radius 3 is 2.63 bits per heavy atom. The van der Waals surface area contributed by atoms with Crippen LogP contribution in [0.25, 0.3) is 0 Å². The fraction of sp³-hybridized carbons (Fsp3) is 0.235. The highest BCUT2D eigenvalue weighted by molar-refractivity contribution is 6.35. The Hall–Kier alpha value is -1.60. The molecule has 0 radical (unpaired) electrons. The first-order valence-corrected chi connectivity index (χ1v) is 6.90. The van der Waals surface area contributed by atoms with Crippen molar-refractivity contribution in [1.29, 1.82) is 0 Å². The summed E-state index contributed by atoms with van der Waals surface area (Å²) in [6.07, 6.45) is 2.06. The van der Waals surface area contributed by atoms with Gasteiger partial charge in [0.1, 0.15) is 0 Å². The first-order valence-electron chi connectivity index (χ1n) is 6.52. The maximum atomic E-state index is 12.5. The number of hydrogen-bond acceptors (Lipinski definition) is 1. The van der Waals surface area contributed by atoms with Gasteiger partial charge in [-0.25, -0.2) is 0 Å². The molecule has 0 unspecified atom stereocenters. The van der Waals surface area contributed by atoms with E-state index in [1.165, 1.54) is 5.56 Å². The lowest BCUT2D eigenvalue weighted by atomic mass is 9.99. The second-order valence-corrected chi connectivity index (χ2v) is 5.09. The summed E-state index contributed by atoms with van der Waals surface area (Å²) in [6.45, 7) is 4.04. The molecule has 1 nitrogen and oxygen atoms in total. The lowest BCUT2D eigenvalue weighted by Gasteiger charge is -2.07. The molecule has 98 valence electrons. The molecule has 0 aliphatic heterocycles. The molecule has 0 atom stereocenters. The van der Waals surface area contributed by atoms with Gasteiger partial charge in [0.15, 0.2) is 5.78 Å². The highest BCUT2D eigenvalue weighted by Gasteiger charge is 2.14. The van der Waals surface area contributed by atoms with Gasteiger partial charge in [-0.2, -0.15) is 0 Å². The van der Waals surface area contributed by atoms with Gasteiger partial charge in [0.25, 0.3) is 0 Å². The fourth-order valence-electron chi connectivity index (χ4n) is 2.14. The smallest absolute Gasteiger partial charge is 0.194 e. The molecule has 0 heterocycles. The summed E-state index contributed by atoms with van der Waals surface area (Å²) in [7, 11) is 0. The van der Waals surface area contributed by atoms with E-state index in [1.54, 1.807) is 6.07 Å². The van der Waals surface area contributed by atoms with Crippen LogP contribution in [0.2, 0.25) is 5.02 Å². The number of ketones is 1. The standard InChI is InChI=1S/C17H17ClO/c1-3-6-13-8-5-9-14(11-13)17(19)15-10-4-7-12(2)16(15)18/h4-5,7-11H,3,6H2,1-2H3. The van der Waals surface area contributed by atoms with Crippen LogP contribution >= 0.6 is 11.6 Å². The van der Waals surface area contributed by atoms with Crippen molar-refractivity contribution in [2.45, 2.75) is 26.7 Å². The Labute approximate surface area is 119 Å². The van der Waals surface area contributed by atoms with Crippen LogP contribution in [0.4, 0.5) is 0 Å². The normalized spacial score (nSPS) is 10.5. The van der Waals surface area contributed by atoms with E-state index in [4.69, 9.17) is 11.6 Å². The van der Waals surface area contributed by atoms with Crippen LogP contribution in [0.3, 0.4) is 0 Å². The van der Waals surface area contributed by atoms with Crippen molar-refractivity contribution in [3.63, 3.8) is 0 Å². The molecular formula is C17H17ClO. The van der Waals surface area contributed by atoms with E-state index in [1.807, 2.05) is 37.3 Å². The molecule has 2 heteroatoms. The molecule has 19 heavy (non-hydrogen) atoms. The molecule has 0 amide bonds. The fourth-order valence-corrected chi connectivity index (χ4v) is 2.35. The van der Waals surface area contributed by atoms with Gasteiger partial charge in [-0.15, -0.1) is 0 Å². The molecule has 2 aromatic carbocycles. The minimum Gasteiger partial charge on any atom is -0.289 e. The Kier molecular flexibility index (Phi) is 4.39. The minimum absolute atomic E-state index is 0.00773. The first-order chi connectivity index (χ1) is 9.13. The maximum absolute atomic E-state index is 12.5. The summed E-state index contributed by atoms with van der Waals surface area (Å²) in [5.74, 6) is -0.00773. The Morgan fingerprint density at radius 2 is 1.89 bits per heavy atom. The van der Waals surface area contributed by atoms with Crippen LogP contribution in [-0.4, -0.2) is 5.78 Å². The number of halogens is 1. The van der Waals surface area contributed by atoms with Gasteiger partial charge >= 0.3 is 0 Å². The minimum atomic E-state index is -0.00773. The summed E-state index contributed by atoms with van der Waals surface area (Å²) in [6, 6.07) is 13.4. The van der Waals surface area contributed by atoms with E-state index in [-0.39, 0.29) is 5.78 Å². The average molecular weight is 273 g/mol. The summed E-state index contributed by atoms with van der Waals surface area (Å²) in [5.41, 5.74) is 3.41. The summed E-state index contributed by atoms with van der Waals surface area (Å²) in [4.78, 5) is 12.5. The second kappa shape index (κ2) is 6.03. The van der Waals surface area contributed by atoms with Crippen LogP contribution in [0, 0.1) is 6.92 Å². The number of hydrogen-bond donors (Lipinski definition) is 0. The SMILES string of the molecule is CCCc1cccc(C(=O)c2cccc(C)c2Cl)c1. The lowest BCUT2D eigenvalue weighted by Crippen LogP contribution is -2.03. The van der Waals surface area contributed by atoms with Crippen LogP contribution in [0.5, 0.6) is 0 Å². The number of aryl methyl sites for hydroxylation is 2. The van der Waals surface area contributed by atoms with E-state index in [0.29, 0.717) is 16.1 Å². The third kappa shape index (κ3) is 3.05. The molecule has 0 aliphatic rings.